The number of aryl methyl sites for hydroxylation is 1. The van der Waals surface area contributed by atoms with Gasteiger partial charge in [-0.15, -0.1) is 0 Å². The van der Waals surface area contributed by atoms with Crippen molar-refractivity contribution >= 4 is 5.97 Å². The van der Waals surface area contributed by atoms with E-state index < -0.39 is 11.4 Å². The second-order valence-corrected chi connectivity index (χ2v) is 6.22. The molecule has 3 nitrogen and oxygen atoms in total. The first-order valence-electron chi connectivity index (χ1n) is 6.95. The van der Waals surface area contributed by atoms with Gasteiger partial charge >= 0.3 is 5.97 Å². The maximum Gasteiger partial charge on any atom is 0.314 e. The minimum Gasteiger partial charge on any atom is -0.481 e. The molecule has 2 fully saturated rings. The van der Waals surface area contributed by atoms with Crippen LogP contribution in [0, 0.1) is 12.3 Å². The molecule has 3 heteroatoms. The third-order valence-corrected chi connectivity index (χ3v) is 4.89. The van der Waals surface area contributed by atoms with Gasteiger partial charge in [0, 0.05) is 13.2 Å². The van der Waals surface area contributed by atoms with Crippen LogP contribution in [0.25, 0.3) is 0 Å². The minimum atomic E-state index is -0.671. The van der Waals surface area contributed by atoms with Gasteiger partial charge in [0.05, 0.1) is 5.41 Å². The Hall–Kier alpha value is -1.35. The fraction of sp³-hybridized carbons (Fsp3) is 0.562. The van der Waals surface area contributed by atoms with Gasteiger partial charge in [-0.25, -0.2) is 0 Å². The van der Waals surface area contributed by atoms with Crippen LogP contribution in [0.4, 0.5) is 0 Å². The molecule has 1 aromatic rings. The molecule has 0 atom stereocenters. The molecule has 0 aromatic heterocycles. The van der Waals surface area contributed by atoms with Crippen LogP contribution in [0.15, 0.2) is 24.3 Å². The third kappa shape index (κ3) is 1.96. The highest BCUT2D eigenvalue weighted by Gasteiger charge is 2.59. The number of benzene rings is 1. The summed E-state index contributed by atoms with van der Waals surface area (Å²) < 4.78 is 5.41. The summed E-state index contributed by atoms with van der Waals surface area (Å²) in [7, 11) is 0. The van der Waals surface area contributed by atoms with Gasteiger partial charge in [0.1, 0.15) is 0 Å². The van der Waals surface area contributed by atoms with Gasteiger partial charge in [-0.3, -0.25) is 4.79 Å². The molecule has 1 saturated heterocycles. The highest BCUT2D eigenvalue weighted by molar-refractivity contribution is 5.83. The SMILES string of the molecule is Cc1cccc(C2(C(=O)O)CC3(CCOCC3)C2)c1. The van der Waals surface area contributed by atoms with E-state index in [-0.39, 0.29) is 5.41 Å². The van der Waals surface area contributed by atoms with Crippen molar-refractivity contribution in [2.24, 2.45) is 5.41 Å². The van der Waals surface area contributed by atoms with E-state index in [1.54, 1.807) is 0 Å². The van der Waals surface area contributed by atoms with E-state index in [9.17, 15) is 9.90 Å². The summed E-state index contributed by atoms with van der Waals surface area (Å²) >= 11 is 0. The zero-order valence-electron chi connectivity index (χ0n) is 11.3. The molecule has 1 saturated carbocycles. The number of carboxylic acid groups (broad SMARTS) is 1. The van der Waals surface area contributed by atoms with E-state index >= 15 is 0 Å². The van der Waals surface area contributed by atoms with E-state index in [4.69, 9.17) is 4.74 Å². The van der Waals surface area contributed by atoms with E-state index in [2.05, 4.69) is 0 Å². The molecule has 1 aliphatic heterocycles. The summed E-state index contributed by atoms with van der Waals surface area (Å²) in [5.41, 5.74) is 1.65. The number of carbonyl (C=O) groups is 1. The second kappa shape index (κ2) is 4.34. The van der Waals surface area contributed by atoms with Gasteiger partial charge in [0.2, 0.25) is 0 Å². The second-order valence-electron chi connectivity index (χ2n) is 6.22. The number of aliphatic carboxylic acids is 1. The van der Waals surface area contributed by atoms with Gasteiger partial charge in [-0.1, -0.05) is 29.8 Å². The zero-order chi connectivity index (χ0) is 13.5. The summed E-state index contributed by atoms with van der Waals surface area (Å²) in [4.78, 5) is 11.8. The van der Waals surface area contributed by atoms with Crippen molar-refractivity contribution in [1.29, 1.82) is 0 Å². The van der Waals surface area contributed by atoms with Crippen LogP contribution in [0.3, 0.4) is 0 Å². The maximum atomic E-state index is 11.8. The third-order valence-electron chi connectivity index (χ3n) is 4.89. The van der Waals surface area contributed by atoms with Gasteiger partial charge in [-0.2, -0.15) is 0 Å². The summed E-state index contributed by atoms with van der Waals surface area (Å²) in [5.74, 6) is -0.671. The lowest BCUT2D eigenvalue weighted by atomic mass is 9.48. The Kier molecular flexibility index (Phi) is 2.90. The number of ether oxygens (including phenoxy) is 1. The van der Waals surface area contributed by atoms with Gasteiger partial charge in [0.25, 0.3) is 0 Å². The Morgan fingerprint density at radius 2 is 1.95 bits per heavy atom. The Morgan fingerprint density at radius 1 is 1.26 bits per heavy atom. The number of hydrogen-bond donors (Lipinski definition) is 1. The van der Waals surface area contributed by atoms with Crippen LogP contribution in [0.1, 0.15) is 36.8 Å². The Bertz CT molecular complexity index is 492. The van der Waals surface area contributed by atoms with Crippen LogP contribution in [0.5, 0.6) is 0 Å². The van der Waals surface area contributed by atoms with Gasteiger partial charge in [-0.05, 0) is 43.6 Å². The predicted octanol–water partition coefficient (Wildman–Crippen LogP) is 2.91. The largest absolute Gasteiger partial charge is 0.481 e. The average molecular weight is 260 g/mol. The van der Waals surface area contributed by atoms with Gasteiger partial charge in [0.15, 0.2) is 0 Å². The first-order valence-corrected chi connectivity index (χ1v) is 6.95. The van der Waals surface area contributed by atoms with Crippen molar-refractivity contribution in [3.05, 3.63) is 35.4 Å². The molecule has 3 rings (SSSR count). The molecule has 102 valence electrons. The highest BCUT2D eigenvalue weighted by atomic mass is 16.5. The Morgan fingerprint density at radius 3 is 2.53 bits per heavy atom. The normalized spacial score (nSPS) is 23.8. The molecule has 0 unspecified atom stereocenters. The lowest BCUT2D eigenvalue weighted by molar-refractivity contribution is -0.160. The van der Waals surface area contributed by atoms with Crippen LogP contribution >= 0.6 is 0 Å². The maximum absolute atomic E-state index is 11.8. The quantitative estimate of drug-likeness (QED) is 0.889. The summed E-state index contributed by atoms with van der Waals surface area (Å²) in [5, 5.41) is 9.71. The molecule has 0 amide bonds. The molecule has 19 heavy (non-hydrogen) atoms. The smallest absolute Gasteiger partial charge is 0.314 e. The topological polar surface area (TPSA) is 46.5 Å². The molecular weight excluding hydrogens is 240 g/mol. The monoisotopic (exact) mass is 260 g/mol. The minimum absolute atomic E-state index is 0.209. The predicted molar refractivity (Wildman–Crippen MR) is 72.2 cm³/mol. The van der Waals surface area contributed by atoms with E-state index in [1.165, 1.54) is 0 Å². The number of carboxylic acids is 1. The van der Waals surface area contributed by atoms with Crippen molar-refractivity contribution in [2.75, 3.05) is 13.2 Å². The molecule has 1 aromatic carbocycles. The Balaban J connectivity index is 1.89. The van der Waals surface area contributed by atoms with Crippen molar-refractivity contribution < 1.29 is 14.6 Å². The van der Waals surface area contributed by atoms with Gasteiger partial charge < -0.3 is 9.84 Å². The lowest BCUT2D eigenvalue weighted by Gasteiger charge is -2.56. The van der Waals surface area contributed by atoms with E-state index in [1.807, 2.05) is 31.2 Å². The molecule has 2 aliphatic rings. The molecule has 0 radical (unpaired) electrons. The van der Waals surface area contributed by atoms with E-state index in [0.29, 0.717) is 0 Å². The van der Waals surface area contributed by atoms with Crippen LogP contribution in [-0.4, -0.2) is 24.3 Å². The average Bonchev–Trinajstić information content (AvgIpc) is 2.36. The summed E-state index contributed by atoms with van der Waals surface area (Å²) in [6.07, 6.45) is 3.55. The number of hydrogen-bond acceptors (Lipinski definition) is 2. The molecular formula is C16H20O3. The Labute approximate surface area is 113 Å². The molecule has 1 spiro atoms. The standard InChI is InChI=1S/C16H20O3/c1-12-3-2-4-13(9-12)16(14(17)18)10-15(11-16)5-7-19-8-6-15/h2-4,9H,5-8,10-11H2,1H3,(H,17,18). The number of rotatable bonds is 2. The lowest BCUT2D eigenvalue weighted by Crippen LogP contribution is -2.56. The first-order chi connectivity index (χ1) is 9.06. The van der Waals surface area contributed by atoms with E-state index in [0.717, 1.165) is 50.0 Å². The fourth-order valence-electron chi connectivity index (χ4n) is 3.81. The first kappa shape index (κ1) is 12.7. The van der Waals surface area contributed by atoms with Crippen molar-refractivity contribution in [3.8, 4) is 0 Å². The van der Waals surface area contributed by atoms with Crippen molar-refractivity contribution in [1.82, 2.24) is 0 Å². The summed E-state index contributed by atoms with van der Waals surface area (Å²) in [6.45, 7) is 3.58. The zero-order valence-corrected chi connectivity index (χ0v) is 11.3. The van der Waals surface area contributed by atoms with Crippen molar-refractivity contribution in [3.63, 3.8) is 0 Å². The molecule has 1 heterocycles. The fourth-order valence-corrected chi connectivity index (χ4v) is 3.81. The van der Waals surface area contributed by atoms with Crippen LogP contribution in [0.2, 0.25) is 0 Å². The van der Waals surface area contributed by atoms with Crippen LogP contribution < -0.4 is 0 Å². The van der Waals surface area contributed by atoms with Crippen LogP contribution in [-0.2, 0) is 14.9 Å². The molecule has 1 N–H and O–H groups in total. The molecule has 1 aliphatic carbocycles. The summed E-state index contributed by atoms with van der Waals surface area (Å²) in [6, 6.07) is 7.97. The highest BCUT2D eigenvalue weighted by Crippen LogP contribution is 2.60. The molecule has 0 bridgehead atoms. The van der Waals surface area contributed by atoms with Crippen molar-refractivity contribution in [2.45, 2.75) is 38.0 Å².